The van der Waals surface area contributed by atoms with Gasteiger partial charge in [0, 0.05) is 40.3 Å². The summed E-state index contributed by atoms with van der Waals surface area (Å²) in [5, 5.41) is 0. The number of nitrogens with two attached hydrogens (primary N) is 1. The predicted molar refractivity (Wildman–Crippen MR) is 80.4 cm³/mol. The van der Waals surface area contributed by atoms with Gasteiger partial charge >= 0.3 is 0 Å². The van der Waals surface area contributed by atoms with E-state index in [-0.39, 0.29) is 0 Å². The Bertz CT molecular complexity index is 406. The fourth-order valence-electron chi connectivity index (χ4n) is 2.20. The Labute approximate surface area is 116 Å². The van der Waals surface area contributed by atoms with E-state index in [1.54, 1.807) is 0 Å². The molecule has 17 heavy (non-hydrogen) atoms. The molecule has 1 heterocycles. The highest BCUT2D eigenvalue weighted by molar-refractivity contribution is 9.10. The molecule has 1 aliphatic rings. The fourth-order valence-corrected chi connectivity index (χ4v) is 3.75. The number of benzene rings is 1. The van der Waals surface area contributed by atoms with Gasteiger partial charge in [-0.15, -0.1) is 0 Å². The molecule has 94 valence electrons. The highest BCUT2D eigenvalue weighted by Crippen LogP contribution is 2.31. The standard InChI is InChI=1S/C13H19BrN2S/c1-13(2)9-16(5-6-17-13)8-10-3-4-11(14)7-12(10)15/h3-4,7H,5-6,8-9,15H2,1-2H3. The fraction of sp³-hybridized carbons (Fsp3) is 0.538. The van der Waals surface area contributed by atoms with E-state index in [4.69, 9.17) is 5.73 Å². The van der Waals surface area contributed by atoms with Gasteiger partial charge in [-0.25, -0.2) is 0 Å². The zero-order valence-electron chi connectivity index (χ0n) is 10.4. The van der Waals surface area contributed by atoms with Crippen molar-refractivity contribution < 1.29 is 0 Å². The lowest BCUT2D eigenvalue weighted by molar-refractivity contribution is 0.253. The molecule has 0 saturated carbocycles. The Morgan fingerprint density at radius 3 is 2.88 bits per heavy atom. The molecule has 0 amide bonds. The van der Waals surface area contributed by atoms with Gasteiger partial charge in [-0.1, -0.05) is 22.0 Å². The zero-order valence-corrected chi connectivity index (χ0v) is 12.8. The van der Waals surface area contributed by atoms with Crippen molar-refractivity contribution in [3.05, 3.63) is 28.2 Å². The molecule has 4 heteroatoms. The molecule has 2 nitrogen and oxygen atoms in total. The van der Waals surface area contributed by atoms with Gasteiger partial charge in [0.25, 0.3) is 0 Å². The molecule has 0 atom stereocenters. The van der Waals surface area contributed by atoms with Gasteiger partial charge < -0.3 is 5.73 Å². The van der Waals surface area contributed by atoms with Crippen molar-refractivity contribution in [2.75, 3.05) is 24.6 Å². The topological polar surface area (TPSA) is 29.3 Å². The van der Waals surface area contributed by atoms with Crippen molar-refractivity contribution in [2.24, 2.45) is 0 Å². The lowest BCUT2D eigenvalue weighted by atomic mass is 10.1. The van der Waals surface area contributed by atoms with Crippen LogP contribution in [0.15, 0.2) is 22.7 Å². The second-order valence-electron chi connectivity index (χ2n) is 5.16. The number of nitrogens with zero attached hydrogens (tertiary/aromatic N) is 1. The first-order chi connectivity index (χ1) is 7.96. The van der Waals surface area contributed by atoms with Crippen molar-refractivity contribution in [1.82, 2.24) is 4.90 Å². The second kappa shape index (κ2) is 5.21. The summed E-state index contributed by atoms with van der Waals surface area (Å²) in [6.45, 7) is 7.88. The van der Waals surface area contributed by atoms with Crippen LogP contribution < -0.4 is 5.73 Å². The van der Waals surface area contributed by atoms with E-state index < -0.39 is 0 Å². The molecule has 2 N–H and O–H groups in total. The molecular weight excluding hydrogens is 296 g/mol. The van der Waals surface area contributed by atoms with Gasteiger partial charge in [0.1, 0.15) is 0 Å². The van der Waals surface area contributed by atoms with Gasteiger partial charge in [0.05, 0.1) is 0 Å². The third kappa shape index (κ3) is 3.63. The molecule has 0 aromatic heterocycles. The van der Waals surface area contributed by atoms with Gasteiger partial charge in [0.2, 0.25) is 0 Å². The highest BCUT2D eigenvalue weighted by Gasteiger charge is 2.26. The Hall–Kier alpha value is -0.190. The minimum Gasteiger partial charge on any atom is -0.398 e. The van der Waals surface area contributed by atoms with Crippen LogP contribution in [0, 0.1) is 0 Å². The summed E-state index contributed by atoms with van der Waals surface area (Å²) in [7, 11) is 0. The van der Waals surface area contributed by atoms with Crippen LogP contribution >= 0.6 is 27.7 Å². The Balaban J connectivity index is 2.05. The normalized spacial score (nSPS) is 20.4. The van der Waals surface area contributed by atoms with Crippen LogP contribution in [0.1, 0.15) is 19.4 Å². The van der Waals surface area contributed by atoms with E-state index in [0.29, 0.717) is 4.75 Å². The lowest BCUT2D eigenvalue weighted by Gasteiger charge is -2.37. The first-order valence-electron chi connectivity index (χ1n) is 5.86. The third-order valence-corrected chi connectivity index (χ3v) is 4.80. The number of hydrogen-bond donors (Lipinski definition) is 1. The molecule has 1 fully saturated rings. The minimum absolute atomic E-state index is 0.363. The van der Waals surface area contributed by atoms with Crippen LogP contribution in [-0.4, -0.2) is 28.5 Å². The zero-order chi connectivity index (χ0) is 12.5. The molecule has 0 aliphatic carbocycles. The number of rotatable bonds is 2. The van der Waals surface area contributed by atoms with E-state index >= 15 is 0 Å². The summed E-state index contributed by atoms with van der Waals surface area (Å²) in [6.07, 6.45) is 0. The minimum atomic E-state index is 0.363. The number of thioether (sulfide) groups is 1. The SMILES string of the molecule is CC1(C)CN(Cc2ccc(Br)cc2N)CCS1. The Morgan fingerprint density at radius 1 is 1.47 bits per heavy atom. The van der Waals surface area contributed by atoms with Gasteiger partial charge in [-0.2, -0.15) is 11.8 Å². The number of anilines is 1. The molecule has 1 aromatic rings. The van der Waals surface area contributed by atoms with Crippen molar-refractivity contribution in [3.63, 3.8) is 0 Å². The summed E-state index contributed by atoms with van der Waals surface area (Å²) in [6, 6.07) is 6.17. The van der Waals surface area contributed by atoms with Gasteiger partial charge in [0.15, 0.2) is 0 Å². The van der Waals surface area contributed by atoms with Gasteiger partial charge in [-0.05, 0) is 31.5 Å². The van der Waals surface area contributed by atoms with Crippen molar-refractivity contribution >= 4 is 33.4 Å². The first-order valence-corrected chi connectivity index (χ1v) is 7.64. The second-order valence-corrected chi connectivity index (χ2v) is 7.88. The van der Waals surface area contributed by atoms with E-state index in [9.17, 15) is 0 Å². The van der Waals surface area contributed by atoms with E-state index in [1.807, 2.05) is 6.07 Å². The summed E-state index contributed by atoms with van der Waals surface area (Å²) in [5.41, 5.74) is 8.16. The maximum absolute atomic E-state index is 6.04. The Kier molecular flexibility index (Phi) is 4.06. The van der Waals surface area contributed by atoms with Crippen LogP contribution in [0.5, 0.6) is 0 Å². The summed E-state index contributed by atoms with van der Waals surface area (Å²) in [4.78, 5) is 2.50. The largest absolute Gasteiger partial charge is 0.398 e. The van der Waals surface area contributed by atoms with E-state index in [1.165, 1.54) is 11.3 Å². The molecule has 0 bridgehead atoms. The smallest absolute Gasteiger partial charge is 0.0371 e. The molecule has 1 aromatic carbocycles. The van der Waals surface area contributed by atoms with Gasteiger partial charge in [-0.3, -0.25) is 4.90 Å². The average molecular weight is 315 g/mol. The molecular formula is C13H19BrN2S. The summed E-state index contributed by atoms with van der Waals surface area (Å²) < 4.78 is 1.41. The number of halogens is 1. The summed E-state index contributed by atoms with van der Waals surface area (Å²) >= 11 is 5.50. The summed E-state index contributed by atoms with van der Waals surface area (Å²) in [5.74, 6) is 1.21. The first kappa shape index (κ1) is 13.2. The van der Waals surface area contributed by atoms with Crippen molar-refractivity contribution in [3.8, 4) is 0 Å². The quantitative estimate of drug-likeness (QED) is 0.849. The average Bonchev–Trinajstić information content (AvgIpc) is 2.21. The lowest BCUT2D eigenvalue weighted by Crippen LogP contribution is -2.42. The Morgan fingerprint density at radius 2 is 2.24 bits per heavy atom. The molecule has 0 unspecified atom stereocenters. The predicted octanol–water partition coefficient (Wildman–Crippen LogP) is 3.36. The van der Waals surface area contributed by atoms with Crippen LogP contribution in [0.25, 0.3) is 0 Å². The van der Waals surface area contributed by atoms with Crippen LogP contribution in [-0.2, 0) is 6.54 Å². The number of hydrogen-bond acceptors (Lipinski definition) is 3. The molecule has 2 rings (SSSR count). The van der Waals surface area contributed by atoms with E-state index in [0.717, 1.165) is 29.8 Å². The van der Waals surface area contributed by atoms with E-state index in [2.05, 4.69) is 58.6 Å². The maximum atomic E-state index is 6.04. The van der Waals surface area contributed by atoms with Crippen LogP contribution in [0.3, 0.4) is 0 Å². The third-order valence-electron chi connectivity index (χ3n) is 3.01. The van der Waals surface area contributed by atoms with Crippen molar-refractivity contribution in [2.45, 2.75) is 25.1 Å². The molecule has 0 radical (unpaired) electrons. The molecule has 1 saturated heterocycles. The number of nitrogen functional groups attached to an aromatic ring is 1. The maximum Gasteiger partial charge on any atom is 0.0371 e. The molecule has 0 spiro atoms. The van der Waals surface area contributed by atoms with Crippen LogP contribution in [0.2, 0.25) is 0 Å². The van der Waals surface area contributed by atoms with Crippen LogP contribution in [0.4, 0.5) is 5.69 Å². The van der Waals surface area contributed by atoms with Crippen molar-refractivity contribution in [1.29, 1.82) is 0 Å². The molecule has 1 aliphatic heterocycles. The monoisotopic (exact) mass is 314 g/mol. The highest BCUT2D eigenvalue weighted by atomic mass is 79.9.